The van der Waals surface area contributed by atoms with E-state index in [9.17, 15) is 8.78 Å². The van der Waals surface area contributed by atoms with Gasteiger partial charge in [-0.3, -0.25) is 0 Å². The molecule has 0 aromatic heterocycles. The monoisotopic (exact) mass is 235 g/mol. The zero-order chi connectivity index (χ0) is 10.6. The Labute approximate surface area is 92.6 Å². The van der Waals surface area contributed by atoms with E-state index in [1.54, 1.807) is 0 Å². The van der Waals surface area contributed by atoms with Gasteiger partial charge in [0, 0.05) is 0 Å². The molecule has 1 aromatic rings. The molecule has 1 rings (SSSR count). The van der Waals surface area contributed by atoms with E-state index in [2.05, 4.69) is 0 Å². The van der Waals surface area contributed by atoms with Gasteiger partial charge in [-0.05, 0) is 0 Å². The Hall–Kier alpha value is -0.446. The van der Waals surface area contributed by atoms with Crippen LogP contribution in [-0.2, 0) is 25.2 Å². The summed E-state index contributed by atoms with van der Waals surface area (Å²) in [5.41, 5.74) is 0. The number of rotatable bonds is 4. The molecule has 0 radical (unpaired) electrons. The van der Waals surface area contributed by atoms with Crippen LogP contribution in [0.5, 0.6) is 5.75 Å². The van der Waals surface area contributed by atoms with Crippen LogP contribution in [0.4, 0.5) is 8.78 Å². The molecule has 0 fully saturated rings. The Kier molecular flexibility index (Phi) is 4.52. The molecule has 75 valence electrons. The molecule has 0 atom stereocenters. The quantitative estimate of drug-likeness (QED) is 0.576. The van der Waals surface area contributed by atoms with Crippen molar-refractivity contribution in [3.05, 3.63) is 23.8 Å². The molecule has 0 N–H and O–H groups in total. The molecule has 0 aliphatic carbocycles. The number of hydrogen-bond acceptors (Lipinski definition) is 2. The summed E-state index contributed by atoms with van der Waals surface area (Å²) < 4.78 is 35.9. The fourth-order valence-electron chi connectivity index (χ4n) is 0.880. The molecule has 0 aliphatic rings. The Morgan fingerprint density at radius 3 is 2.64 bits per heavy atom. The molecule has 0 heterocycles. The SMILES string of the molecule is COCCOc1ccc(F)[c]([Ti])c1F. The predicted molar refractivity (Wildman–Crippen MR) is 43.4 cm³/mol. The second-order valence-electron chi connectivity index (χ2n) is 2.58. The van der Waals surface area contributed by atoms with Crippen molar-refractivity contribution in [3.63, 3.8) is 0 Å². The maximum atomic E-state index is 13.3. The third-order valence-corrected chi connectivity index (χ3v) is 2.32. The second-order valence-corrected chi connectivity index (χ2v) is 3.36. The minimum atomic E-state index is -0.652. The molecular weight excluding hydrogens is 226 g/mol. The summed E-state index contributed by atoms with van der Waals surface area (Å²) in [7, 11) is 1.52. The summed E-state index contributed by atoms with van der Waals surface area (Å²) in [6, 6.07) is 2.45. The van der Waals surface area contributed by atoms with Crippen LogP contribution >= 0.6 is 0 Å². The van der Waals surface area contributed by atoms with Crippen LogP contribution in [-0.4, -0.2) is 20.3 Å². The van der Waals surface area contributed by atoms with E-state index in [-0.39, 0.29) is 16.2 Å². The predicted octanol–water partition coefficient (Wildman–Crippen LogP) is 1.16. The maximum absolute atomic E-state index is 13.3. The van der Waals surface area contributed by atoms with Gasteiger partial charge in [-0.1, -0.05) is 0 Å². The molecule has 0 bridgehead atoms. The van der Waals surface area contributed by atoms with Crippen LogP contribution in [0.2, 0.25) is 0 Å². The van der Waals surface area contributed by atoms with Crippen LogP contribution in [0.1, 0.15) is 0 Å². The second kappa shape index (κ2) is 5.44. The molecule has 14 heavy (non-hydrogen) atoms. The molecule has 5 heteroatoms. The van der Waals surface area contributed by atoms with Crippen LogP contribution in [0.25, 0.3) is 0 Å². The van der Waals surface area contributed by atoms with Crippen LogP contribution in [0.3, 0.4) is 0 Å². The van der Waals surface area contributed by atoms with Crippen LogP contribution in [0.15, 0.2) is 12.1 Å². The van der Waals surface area contributed by atoms with Gasteiger partial charge in [0.2, 0.25) is 0 Å². The van der Waals surface area contributed by atoms with E-state index in [0.29, 0.717) is 6.61 Å². The summed E-state index contributed by atoms with van der Waals surface area (Å²) in [4.78, 5) is 0. The molecule has 0 saturated carbocycles. The molecule has 1 aromatic carbocycles. The van der Waals surface area contributed by atoms with Gasteiger partial charge in [-0.25, -0.2) is 0 Å². The zero-order valence-corrected chi connectivity index (χ0v) is 9.20. The molecule has 0 unspecified atom stereocenters. The first-order valence-corrected chi connectivity index (χ1v) is 4.76. The van der Waals surface area contributed by atoms with Gasteiger partial charge in [-0.2, -0.15) is 0 Å². The number of ether oxygens (including phenoxy) is 2. The van der Waals surface area contributed by atoms with Crippen LogP contribution in [0, 0.1) is 11.6 Å². The van der Waals surface area contributed by atoms with Gasteiger partial charge >= 0.3 is 92.4 Å². The Morgan fingerprint density at radius 2 is 2.00 bits per heavy atom. The van der Waals surface area contributed by atoms with E-state index in [4.69, 9.17) is 9.47 Å². The summed E-state index contributed by atoms with van der Waals surface area (Å²) in [6.07, 6.45) is 0. The Morgan fingerprint density at radius 1 is 1.29 bits per heavy atom. The Balaban J connectivity index is 2.73. The van der Waals surface area contributed by atoms with E-state index in [0.717, 1.165) is 0 Å². The van der Waals surface area contributed by atoms with Gasteiger partial charge in [0.25, 0.3) is 0 Å². The minimum absolute atomic E-state index is 0.0279. The first kappa shape index (κ1) is 11.6. The van der Waals surface area contributed by atoms with Crippen LogP contribution < -0.4 is 8.61 Å². The summed E-state index contributed by atoms with van der Waals surface area (Å²) >= 11 is 1.37. The molecular formula is C9H9F2O2Ti. The summed E-state index contributed by atoms with van der Waals surface area (Å²) in [5, 5.41) is 0. The number of hydrogen-bond donors (Lipinski definition) is 0. The van der Waals surface area contributed by atoms with E-state index >= 15 is 0 Å². The number of halogens is 2. The van der Waals surface area contributed by atoms with Gasteiger partial charge in [-0.15, -0.1) is 0 Å². The van der Waals surface area contributed by atoms with Crippen molar-refractivity contribution < 1.29 is 38.7 Å². The van der Waals surface area contributed by atoms with Crippen molar-refractivity contribution in [1.29, 1.82) is 0 Å². The normalized spacial score (nSPS) is 10.1. The number of methoxy groups -OCH3 is 1. The molecule has 2 nitrogen and oxygen atoms in total. The van der Waals surface area contributed by atoms with Crippen molar-refractivity contribution in [2.45, 2.75) is 0 Å². The molecule has 0 amide bonds. The molecule has 0 aliphatic heterocycles. The topological polar surface area (TPSA) is 18.5 Å². The third kappa shape index (κ3) is 2.77. The first-order valence-electron chi connectivity index (χ1n) is 3.98. The number of benzene rings is 1. The van der Waals surface area contributed by atoms with Crippen molar-refractivity contribution >= 4 is 3.87 Å². The fourth-order valence-corrected chi connectivity index (χ4v) is 1.20. The van der Waals surface area contributed by atoms with Gasteiger partial charge in [0.05, 0.1) is 0 Å². The van der Waals surface area contributed by atoms with Gasteiger partial charge in [0.15, 0.2) is 0 Å². The standard InChI is InChI=1S/C9H9F2O2.Ti/c1-12-4-5-13-9-3-2-7(10)6-8(9)11;/h2-3H,4-5H2,1H3;. The molecule has 0 saturated heterocycles. The summed E-state index contributed by atoms with van der Waals surface area (Å²) in [5.74, 6) is -1.16. The zero-order valence-electron chi connectivity index (χ0n) is 7.64. The first-order chi connectivity index (χ1) is 6.66. The van der Waals surface area contributed by atoms with E-state index in [1.165, 1.54) is 39.7 Å². The van der Waals surface area contributed by atoms with Crippen molar-refractivity contribution in [2.75, 3.05) is 20.3 Å². The Bertz CT molecular complexity index is 318. The summed E-state index contributed by atoms with van der Waals surface area (Å²) in [6.45, 7) is 0.619. The average molecular weight is 235 g/mol. The fraction of sp³-hybridized carbons (Fsp3) is 0.333. The third-order valence-electron chi connectivity index (χ3n) is 1.60. The van der Waals surface area contributed by atoms with Crippen molar-refractivity contribution in [1.82, 2.24) is 0 Å². The van der Waals surface area contributed by atoms with Gasteiger partial charge < -0.3 is 0 Å². The average Bonchev–Trinajstić information content (AvgIpc) is 2.18. The van der Waals surface area contributed by atoms with Crippen molar-refractivity contribution in [3.8, 4) is 5.75 Å². The molecule has 0 spiro atoms. The van der Waals surface area contributed by atoms with E-state index in [1.807, 2.05) is 0 Å². The van der Waals surface area contributed by atoms with Gasteiger partial charge in [0.1, 0.15) is 0 Å². The van der Waals surface area contributed by atoms with Crippen molar-refractivity contribution in [2.24, 2.45) is 0 Å². The van der Waals surface area contributed by atoms with E-state index < -0.39 is 11.6 Å².